The van der Waals surface area contributed by atoms with Crippen LogP contribution in [0.3, 0.4) is 0 Å². The van der Waals surface area contributed by atoms with Crippen LogP contribution in [0.15, 0.2) is 35.5 Å². The summed E-state index contributed by atoms with van der Waals surface area (Å²) in [7, 11) is 0. The highest BCUT2D eigenvalue weighted by molar-refractivity contribution is 9.25. The Bertz CT molecular complexity index is 277. The molecule has 0 saturated carbocycles. The summed E-state index contributed by atoms with van der Waals surface area (Å²) in [6, 6.07) is 0. The number of hydrogen-bond donors (Lipinski definition) is 0. The lowest BCUT2D eigenvalue weighted by molar-refractivity contribution is 0.809. The zero-order valence-electron chi connectivity index (χ0n) is 8.69. The summed E-state index contributed by atoms with van der Waals surface area (Å²) in [5, 5.41) is 0. The molecule has 0 radical (unpaired) electrons. The van der Waals surface area contributed by atoms with Crippen LogP contribution in [0.25, 0.3) is 0 Å². The Morgan fingerprint density at radius 1 is 1.43 bits per heavy atom. The molecule has 0 aromatic carbocycles. The van der Waals surface area contributed by atoms with Crippen LogP contribution in [-0.2, 0) is 0 Å². The smallest absolute Gasteiger partial charge is 0.0780 e. The number of hydrogen-bond acceptors (Lipinski definition) is 0. The zero-order chi connectivity index (χ0) is 10.6. The summed E-state index contributed by atoms with van der Waals surface area (Å²) >= 11 is 7.12. The fourth-order valence-electron chi connectivity index (χ4n) is 1.39. The first-order valence-corrected chi connectivity index (χ1v) is 6.49. The summed E-state index contributed by atoms with van der Waals surface area (Å²) in [6.07, 6.45) is 12.3. The van der Waals surface area contributed by atoms with Gasteiger partial charge in [-0.1, -0.05) is 56.2 Å². The largest absolute Gasteiger partial charge is 0.0839 e. The van der Waals surface area contributed by atoms with E-state index in [1.54, 1.807) is 0 Å². The summed E-state index contributed by atoms with van der Waals surface area (Å²) in [4.78, 5) is 0. The van der Waals surface area contributed by atoms with Crippen molar-refractivity contribution >= 4 is 31.9 Å². The Kier molecular flexibility index (Phi) is 4.65. The maximum atomic E-state index is 3.56. The second-order valence-corrected chi connectivity index (χ2v) is 8.36. The van der Waals surface area contributed by atoms with Crippen LogP contribution in [0.2, 0.25) is 0 Å². The third-order valence-corrected chi connectivity index (χ3v) is 3.06. The summed E-state index contributed by atoms with van der Waals surface area (Å²) in [6.45, 7) is 4.29. The van der Waals surface area contributed by atoms with Gasteiger partial charge in [0.1, 0.15) is 0 Å². The van der Waals surface area contributed by atoms with Crippen LogP contribution >= 0.6 is 31.9 Å². The Hall–Kier alpha value is 0.180. The highest BCUT2D eigenvalue weighted by Gasteiger charge is 2.12. The molecule has 1 aliphatic rings. The molecule has 0 aliphatic heterocycles. The molecule has 0 nitrogen and oxygen atoms in total. The number of alkyl halides is 2. The molecule has 1 rings (SSSR count). The van der Waals surface area contributed by atoms with Gasteiger partial charge in [-0.25, -0.2) is 0 Å². The second kappa shape index (κ2) is 5.32. The molecule has 1 aliphatic carbocycles. The van der Waals surface area contributed by atoms with Crippen LogP contribution in [0.1, 0.15) is 33.1 Å². The van der Waals surface area contributed by atoms with Crippen molar-refractivity contribution in [2.75, 3.05) is 0 Å². The molecule has 0 bridgehead atoms. The average molecular weight is 320 g/mol. The van der Waals surface area contributed by atoms with E-state index in [2.05, 4.69) is 70.0 Å². The van der Waals surface area contributed by atoms with Gasteiger partial charge in [-0.2, -0.15) is 0 Å². The van der Waals surface area contributed by atoms with Crippen LogP contribution in [0, 0.1) is 0 Å². The lowest BCUT2D eigenvalue weighted by atomic mass is 10.1. The lowest BCUT2D eigenvalue weighted by Crippen LogP contribution is -2.02. The Morgan fingerprint density at radius 2 is 2.14 bits per heavy atom. The molecule has 0 saturated heterocycles. The van der Waals surface area contributed by atoms with Crippen LogP contribution in [0.4, 0.5) is 0 Å². The van der Waals surface area contributed by atoms with E-state index in [9.17, 15) is 0 Å². The minimum atomic E-state index is 0.0826. The predicted molar refractivity (Wildman–Crippen MR) is 71.1 cm³/mol. The van der Waals surface area contributed by atoms with Crippen molar-refractivity contribution in [3.8, 4) is 0 Å². The molecule has 78 valence electrons. The molecule has 0 fully saturated rings. The average Bonchev–Trinajstić information content (AvgIpc) is 2.44. The topological polar surface area (TPSA) is 0 Å². The highest BCUT2D eigenvalue weighted by Crippen LogP contribution is 2.30. The van der Waals surface area contributed by atoms with Gasteiger partial charge in [-0.3, -0.25) is 0 Å². The molecular weight excluding hydrogens is 304 g/mol. The van der Waals surface area contributed by atoms with Gasteiger partial charge < -0.3 is 0 Å². The third-order valence-electron chi connectivity index (χ3n) is 2.26. The first kappa shape index (κ1) is 12.3. The van der Waals surface area contributed by atoms with Gasteiger partial charge in [-0.05, 0) is 44.3 Å². The van der Waals surface area contributed by atoms with E-state index >= 15 is 0 Å². The Morgan fingerprint density at radius 3 is 2.64 bits per heavy atom. The number of allylic oxidation sites excluding steroid dienone is 6. The zero-order valence-corrected chi connectivity index (χ0v) is 11.9. The van der Waals surface area contributed by atoms with Crippen molar-refractivity contribution in [1.82, 2.24) is 0 Å². The fraction of sp³-hybridized carbons (Fsp3) is 0.500. The van der Waals surface area contributed by atoms with Gasteiger partial charge >= 0.3 is 0 Å². The van der Waals surface area contributed by atoms with E-state index in [-0.39, 0.29) is 3.23 Å². The molecule has 2 heteroatoms. The van der Waals surface area contributed by atoms with Crippen molar-refractivity contribution in [2.45, 2.75) is 36.3 Å². The summed E-state index contributed by atoms with van der Waals surface area (Å²) < 4.78 is 0.0826. The highest BCUT2D eigenvalue weighted by atomic mass is 79.9. The standard InChI is InChI=1S/C12H16Br2/c1-10-6-5-8-11(10)7-3-4-9-12(2,13)14/h3,6-8H,4-5,9H2,1-2H3/b7-3-. The van der Waals surface area contributed by atoms with Crippen molar-refractivity contribution in [3.63, 3.8) is 0 Å². The van der Waals surface area contributed by atoms with Crippen molar-refractivity contribution in [3.05, 3.63) is 35.5 Å². The normalized spacial score (nSPS) is 17.4. The minimum Gasteiger partial charge on any atom is -0.0839 e. The van der Waals surface area contributed by atoms with Crippen molar-refractivity contribution < 1.29 is 0 Å². The van der Waals surface area contributed by atoms with Gasteiger partial charge in [0.15, 0.2) is 0 Å². The van der Waals surface area contributed by atoms with E-state index in [0.717, 1.165) is 19.3 Å². The third kappa shape index (κ3) is 4.61. The molecular formula is C12H16Br2. The van der Waals surface area contributed by atoms with Gasteiger partial charge in [0.25, 0.3) is 0 Å². The van der Waals surface area contributed by atoms with E-state index < -0.39 is 0 Å². The minimum absolute atomic E-state index is 0.0826. The van der Waals surface area contributed by atoms with Crippen LogP contribution < -0.4 is 0 Å². The first-order chi connectivity index (χ1) is 6.49. The van der Waals surface area contributed by atoms with Gasteiger partial charge in [0.2, 0.25) is 0 Å². The number of halogens is 2. The molecule has 0 atom stereocenters. The molecule has 14 heavy (non-hydrogen) atoms. The quantitative estimate of drug-likeness (QED) is 0.632. The molecule has 0 unspecified atom stereocenters. The maximum Gasteiger partial charge on any atom is 0.0780 e. The molecule has 0 spiro atoms. The van der Waals surface area contributed by atoms with Crippen LogP contribution in [0.5, 0.6) is 0 Å². The van der Waals surface area contributed by atoms with Gasteiger partial charge in [-0.15, -0.1) is 0 Å². The van der Waals surface area contributed by atoms with Crippen molar-refractivity contribution in [2.24, 2.45) is 0 Å². The summed E-state index contributed by atoms with van der Waals surface area (Å²) in [5.41, 5.74) is 2.79. The SMILES string of the molecule is CC1=CCC=C1/C=C\CCC(C)(Br)Br. The Labute approximate surface area is 103 Å². The van der Waals surface area contributed by atoms with E-state index in [1.807, 2.05) is 0 Å². The molecule has 0 aromatic heterocycles. The number of rotatable bonds is 4. The van der Waals surface area contributed by atoms with Gasteiger partial charge in [0, 0.05) is 0 Å². The molecule has 0 aromatic rings. The second-order valence-electron chi connectivity index (χ2n) is 3.79. The first-order valence-electron chi connectivity index (χ1n) is 4.91. The molecule has 0 amide bonds. The Balaban J connectivity index is 2.32. The van der Waals surface area contributed by atoms with Crippen molar-refractivity contribution in [1.29, 1.82) is 0 Å². The predicted octanol–water partition coefficient (Wildman–Crippen LogP) is 5.11. The van der Waals surface area contributed by atoms with E-state index in [1.165, 1.54) is 11.1 Å². The maximum absolute atomic E-state index is 3.56. The van der Waals surface area contributed by atoms with Crippen LogP contribution in [-0.4, -0.2) is 3.23 Å². The van der Waals surface area contributed by atoms with Gasteiger partial charge in [0.05, 0.1) is 3.23 Å². The summed E-state index contributed by atoms with van der Waals surface area (Å²) in [5.74, 6) is 0. The fourth-order valence-corrected chi connectivity index (χ4v) is 1.85. The molecule has 0 heterocycles. The molecule has 0 N–H and O–H groups in total. The van der Waals surface area contributed by atoms with E-state index in [4.69, 9.17) is 0 Å². The van der Waals surface area contributed by atoms with E-state index in [0.29, 0.717) is 0 Å². The lowest BCUT2D eigenvalue weighted by Gasteiger charge is -2.11. The monoisotopic (exact) mass is 318 g/mol.